The highest BCUT2D eigenvalue weighted by atomic mass is 16.3. The number of hydrogen-bond donors (Lipinski definition) is 0. The predicted octanol–water partition coefficient (Wildman–Crippen LogP) is 2.97. The molecule has 0 radical (unpaired) electrons. The van der Waals surface area contributed by atoms with Crippen LogP contribution in [0.3, 0.4) is 0 Å². The maximum Gasteiger partial charge on any atom is 0.146 e. The predicted molar refractivity (Wildman–Crippen MR) is 97.2 cm³/mol. The second-order valence-corrected chi connectivity index (χ2v) is 6.14. The summed E-state index contributed by atoms with van der Waals surface area (Å²) < 4.78 is 0. The van der Waals surface area contributed by atoms with E-state index in [-0.39, 0.29) is 6.04 Å². The lowest BCUT2D eigenvalue weighted by molar-refractivity contribution is 0.248. The summed E-state index contributed by atoms with van der Waals surface area (Å²) in [6.45, 7) is 4.28. The van der Waals surface area contributed by atoms with Gasteiger partial charge in [-0.05, 0) is 24.1 Å². The first-order valence-corrected chi connectivity index (χ1v) is 8.51. The van der Waals surface area contributed by atoms with Gasteiger partial charge in [0.25, 0.3) is 0 Å². The molecule has 0 bridgehead atoms. The summed E-state index contributed by atoms with van der Waals surface area (Å²) in [7, 11) is 0. The van der Waals surface area contributed by atoms with E-state index in [9.17, 15) is 10.2 Å². The number of anilines is 1. The summed E-state index contributed by atoms with van der Waals surface area (Å²) >= 11 is 0. The fraction of sp³-hybridized carbons (Fsp3) is 0.368. The molecule has 1 atom stereocenters. The van der Waals surface area contributed by atoms with Crippen LogP contribution in [-0.4, -0.2) is 42.6 Å². The molecule has 1 saturated heterocycles. The molecule has 1 unspecified atom stereocenters. The van der Waals surface area contributed by atoms with Gasteiger partial charge in [-0.3, -0.25) is 4.90 Å². The van der Waals surface area contributed by atoms with Gasteiger partial charge >= 0.3 is 0 Å². The van der Waals surface area contributed by atoms with E-state index in [1.54, 1.807) is 18.3 Å². The van der Waals surface area contributed by atoms with Crippen molar-refractivity contribution in [1.29, 1.82) is 5.26 Å². The van der Waals surface area contributed by atoms with E-state index in [2.05, 4.69) is 26.0 Å². The van der Waals surface area contributed by atoms with Crippen molar-refractivity contribution in [1.82, 2.24) is 9.88 Å². The number of benzene rings is 1. The van der Waals surface area contributed by atoms with Crippen molar-refractivity contribution in [3.63, 3.8) is 0 Å². The number of hydrogen-bond acceptors (Lipinski definition) is 6. The highest BCUT2D eigenvalue weighted by Crippen LogP contribution is 2.22. The summed E-state index contributed by atoms with van der Waals surface area (Å²) in [6.07, 6.45) is 2.45. The highest BCUT2D eigenvalue weighted by Gasteiger charge is 2.21. The summed E-state index contributed by atoms with van der Waals surface area (Å²) in [5.74, 6) is 0.765. The molecule has 1 aliphatic rings. The Morgan fingerprint density at radius 2 is 1.88 bits per heavy atom. The molecule has 25 heavy (non-hydrogen) atoms. The Morgan fingerprint density at radius 3 is 2.56 bits per heavy atom. The lowest BCUT2D eigenvalue weighted by Gasteiger charge is -2.35. The Hall–Kier alpha value is -2.78. The minimum atomic E-state index is -0.291. The Kier molecular flexibility index (Phi) is 5.70. The van der Waals surface area contributed by atoms with Crippen molar-refractivity contribution in [2.45, 2.75) is 12.5 Å². The summed E-state index contributed by atoms with van der Waals surface area (Å²) in [5, 5.41) is 12.5. The smallest absolute Gasteiger partial charge is 0.146 e. The quantitative estimate of drug-likeness (QED) is 0.759. The van der Waals surface area contributed by atoms with Gasteiger partial charge in [0.1, 0.15) is 17.9 Å². The summed E-state index contributed by atoms with van der Waals surface area (Å²) in [4.78, 5) is 20.0. The lowest BCUT2D eigenvalue weighted by Crippen LogP contribution is -2.47. The van der Waals surface area contributed by atoms with Crippen LogP contribution in [0.4, 0.5) is 5.82 Å². The zero-order valence-electron chi connectivity index (χ0n) is 14.1. The van der Waals surface area contributed by atoms with E-state index < -0.39 is 0 Å². The Labute approximate surface area is 147 Å². The molecule has 1 fully saturated rings. The minimum Gasteiger partial charge on any atom is -0.353 e. The van der Waals surface area contributed by atoms with Crippen LogP contribution in [-0.2, 0) is 0 Å². The van der Waals surface area contributed by atoms with Gasteiger partial charge in [0.2, 0.25) is 0 Å². The van der Waals surface area contributed by atoms with Crippen LogP contribution in [0.25, 0.3) is 0 Å². The molecule has 3 rings (SSSR count). The summed E-state index contributed by atoms with van der Waals surface area (Å²) in [6, 6.07) is 15.2. The van der Waals surface area contributed by atoms with E-state index in [0.717, 1.165) is 50.5 Å². The van der Waals surface area contributed by atoms with Crippen molar-refractivity contribution in [3.05, 3.63) is 64.7 Å². The Bertz CT molecular complexity index is 735. The first kappa shape index (κ1) is 17.1. The van der Waals surface area contributed by atoms with Crippen LogP contribution < -0.4 is 4.90 Å². The molecule has 1 aromatic heterocycles. The zero-order valence-corrected chi connectivity index (χ0v) is 14.1. The topological polar surface area (TPSA) is 72.6 Å². The molecule has 6 nitrogen and oxygen atoms in total. The number of piperazine rings is 1. The van der Waals surface area contributed by atoms with E-state index in [1.807, 2.05) is 30.3 Å². The molecular formula is C19H21N5O. The van der Waals surface area contributed by atoms with Gasteiger partial charge in [-0.15, -0.1) is 0 Å². The van der Waals surface area contributed by atoms with Crippen LogP contribution in [0, 0.1) is 16.2 Å². The van der Waals surface area contributed by atoms with Crippen molar-refractivity contribution < 1.29 is 0 Å². The highest BCUT2D eigenvalue weighted by molar-refractivity contribution is 5.53. The van der Waals surface area contributed by atoms with Crippen LogP contribution >= 0.6 is 0 Å². The molecule has 0 saturated carbocycles. The normalized spacial score (nSPS) is 16.2. The maximum atomic E-state index is 11.2. The second kappa shape index (κ2) is 8.36. The van der Waals surface area contributed by atoms with Gasteiger partial charge in [-0.25, -0.2) is 4.98 Å². The molecule has 1 aromatic carbocycles. The molecule has 2 heterocycles. The van der Waals surface area contributed by atoms with E-state index in [4.69, 9.17) is 0 Å². The fourth-order valence-corrected chi connectivity index (χ4v) is 3.18. The zero-order chi connectivity index (χ0) is 17.5. The van der Waals surface area contributed by atoms with Crippen LogP contribution in [0.1, 0.15) is 23.6 Å². The number of rotatable bonds is 6. The average Bonchev–Trinajstić information content (AvgIpc) is 2.70. The molecule has 0 amide bonds. The van der Waals surface area contributed by atoms with E-state index >= 15 is 0 Å². The maximum absolute atomic E-state index is 11.2. The third-order valence-corrected chi connectivity index (χ3v) is 4.61. The molecule has 0 aliphatic carbocycles. The van der Waals surface area contributed by atoms with Crippen molar-refractivity contribution >= 4 is 5.82 Å². The van der Waals surface area contributed by atoms with Gasteiger partial charge in [-0.2, -0.15) is 10.2 Å². The molecule has 1 aliphatic heterocycles. The van der Waals surface area contributed by atoms with Crippen molar-refractivity contribution in [2.24, 2.45) is 5.18 Å². The van der Waals surface area contributed by atoms with Crippen LogP contribution in [0.5, 0.6) is 0 Å². The minimum absolute atomic E-state index is 0.291. The molecule has 2 aromatic rings. The number of nitriles is 1. The number of pyridine rings is 1. The molecule has 0 spiro atoms. The van der Waals surface area contributed by atoms with E-state index in [0.29, 0.717) is 5.56 Å². The molecule has 0 N–H and O–H groups in total. The van der Waals surface area contributed by atoms with Gasteiger partial charge in [0.15, 0.2) is 0 Å². The third-order valence-electron chi connectivity index (χ3n) is 4.61. The van der Waals surface area contributed by atoms with Gasteiger partial charge in [0, 0.05) is 38.9 Å². The monoisotopic (exact) mass is 335 g/mol. The van der Waals surface area contributed by atoms with Crippen molar-refractivity contribution in [2.75, 3.05) is 37.6 Å². The molecule has 128 valence electrons. The number of nitroso groups, excluding NO2 is 1. The summed E-state index contributed by atoms with van der Waals surface area (Å²) in [5.41, 5.74) is 1.59. The number of aromatic nitrogens is 1. The van der Waals surface area contributed by atoms with Crippen LogP contribution in [0.2, 0.25) is 0 Å². The second-order valence-electron chi connectivity index (χ2n) is 6.14. The number of nitrogens with zero attached hydrogens (tertiary/aromatic N) is 5. The molecule has 6 heteroatoms. The largest absolute Gasteiger partial charge is 0.353 e. The van der Waals surface area contributed by atoms with Gasteiger partial charge in [-0.1, -0.05) is 35.5 Å². The first-order valence-electron chi connectivity index (χ1n) is 8.51. The van der Waals surface area contributed by atoms with E-state index in [1.165, 1.54) is 0 Å². The average molecular weight is 335 g/mol. The Morgan fingerprint density at radius 1 is 1.12 bits per heavy atom. The lowest BCUT2D eigenvalue weighted by atomic mass is 10.0. The first-order chi connectivity index (χ1) is 12.3. The van der Waals surface area contributed by atoms with Gasteiger partial charge in [0.05, 0.1) is 5.56 Å². The standard InChI is InChI=1S/C19H21N5O/c20-15-17-7-4-9-21-19(17)24-13-11-23(12-14-24)10-8-18(22-25)16-5-2-1-3-6-16/h1-7,9,18H,8,10-14H2. The Balaban J connectivity index is 1.53. The SMILES string of the molecule is N#Cc1cccnc1N1CCN(CCC(N=O)c2ccccc2)CC1. The fourth-order valence-electron chi connectivity index (χ4n) is 3.18. The van der Waals surface area contributed by atoms with Gasteiger partial charge < -0.3 is 4.90 Å². The van der Waals surface area contributed by atoms with Crippen LogP contribution in [0.15, 0.2) is 53.8 Å². The molecular weight excluding hydrogens is 314 g/mol. The third kappa shape index (κ3) is 4.20. The van der Waals surface area contributed by atoms with Crippen molar-refractivity contribution in [3.8, 4) is 6.07 Å².